The minimum atomic E-state index is 0.650. The Kier molecular flexibility index (Phi) is 1.67. The van der Waals surface area contributed by atoms with Crippen LogP contribution in [0.15, 0.2) is 18.2 Å². The molecule has 1 aromatic carbocycles. The number of hydrogen-bond donors (Lipinski definition) is 1. The quantitative estimate of drug-likeness (QED) is 0.645. The molecule has 0 saturated heterocycles. The van der Waals surface area contributed by atoms with E-state index in [1.807, 2.05) is 23.7 Å². The van der Waals surface area contributed by atoms with Gasteiger partial charge in [-0.1, -0.05) is 0 Å². The molecule has 0 spiro atoms. The van der Waals surface area contributed by atoms with Gasteiger partial charge in [0.05, 0.1) is 22.7 Å². The maximum Gasteiger partial charge on any atom is 0.177 e. The molecule has 13 heavy (non-hydrogen) atoms. The molecule has 0 unspecified atom stereocenters. The Morgan fingerprint density at radius 1 is 1.54 bits per heavy atom. The molecule has 1 N–H and O–H groups in total. The third-order valence-electron chi connectivity index (χ3n) is 2.03. The molecule has 0 bridgehead atoms. The summed E-state index contributed by atoms with van der Waals surface area (Å²) in [6.45, 7) is 0. The van der Waals surface area contributed by atoms with Crippen molar-refractivity contribution >= 4 is 23.3 Å². The van der Waals surface area contributed by atoms with Gasteiger partial charge in [0, 0.05) is 7.05 Å². The van der Waals surface area contributed by atoms with Crippen molar-refractivity contribution < 1.29 is 0 Å². The number of aryl methyl sites for hydroxylation is 1. The molecule has 0 aliphatic rings. The van der Waals surface area contributed by atoms with Crippen molar-refractivity contribution in [3.63, 3.8) is 0 Å². The summed E-state index contributed by atoms with van der Waals surface area (Å²) >= 11 is 5.06. The minimum absolute atomic E-state index is 0.650. The van der Waals surface area contributed by atoms with Crippen molar-refractivity contribution in [2.24, 2.45) is 7.05 Å². The summed E-state index contributed by atoms with van der Waals surface area (Å²) in [5.41, 5.74) is 2.58. The number of aromatic nitrogens is 2. The van der Waals surface area contributed by atoms with E-state index in [0.29, 0.717) is 10.3 Å². The lowest BCUT2D eigenvalue weighted by molar-refractivity contribution is 0.927. The van der Waals surface area contributed by atoms with Crippen LogP contribution in [0.3, 0.4) is 0 Å². The number of hydrogen-bond acceptors (Lipinski definition) is 2. The van der Waals surface area contributed by atoms with Gasteiger partial charge in [0.1, 0.15) is 0 Å². The number of aromatic amines is 1. The second kappa shape index (κ2) is 2.71. The van der Waals surface area contributed by atoms with Gasteiger partial charge in [-0.15, -0.1) is 0 Å². The van der Waals surface area contributed by atoms with Crippen molar-refractivity contribution in [3.05, 3.63) is 28.5 Å². The number of benzene rings is 1. The Hall–Kier alpha value is -1.60. The molecule has 0 atom stereocenters. The zero-order chi connectivity index (χ0) is 9.42. The SMILES string of the molecule is Cn1c(=S)[nH]c2ccc(C#N)cc21. The van der Waals surface area contributed by atoms with E-state index in [1.54, 1.807) is 6.07 Å². The monoisotopic (exact) mass is 189 g/mol. The Morgan fingerprint density at radius 3 is 3.00 bits per heavy atom. The second-order valence-corrected chi connectivity index (χ2v) is 3.22. The molecule has 1 heterocycles. The molecular formula is C9H7N3S. The summed E-state index contributed by atoms with van der Waals surface area (Å²) in [7, 11) is 1.88. The number of imidazole rings is 1. The minimum Gasteiger partial charge on any atom is -0.331 e. The van der Waals surface area contributed by atoms with Crippen molar-refractivity contribution in [3.8, 4) is 6.07 Å². The number of H-pyrrole nitrogens is 1. The predicted octanol–water partition coefficient (Wildman–Crippen LogP) is 2.11. The Bertz CT molecular complexity index is 556. The van der Waals surface area contributed by atoms with E-state index in [9.17, 15) is 0 Å². The van der Waals surface area contributed by atoms with E-state index in [1.165, 1.54) is 0 Å². The van der Waals surface area contributed by atoms with Gasteiger partial charge in [-0.2, -0.15) is 5.26 Å². The first-order valence-corrected chi connectivity index (χ1v) is 4.22. The molecule has 0 radical (unpaired) electrons. The van der Waals surface area contributed by atoms with Crippen LogP contribution >= 0.6 is 12.2 Å². The molecule has 64 valence electrons. The zero-order valence-corrected chi connectivity index (χ0v) is 7.85. The lowest BCUT2D eigenvalue weighted by atomic mass is 10.2. The van der Waals surface area contributed by atoms with Gasteiger partial charge in [0.15, 0.2) is 4.77 Å². The van der Waals surface area contributed by atoms with Gasteiger partial charge in [-0.3, -0.25) is 0 Å². The molecule has 0 fully saturated rings. The fourth-order valence-electron chi connectivity index (χ4n) is 1.29. The third kappa shape index (κ3) is 1.14. The molecule has 3 nitrogen and oxygen atoms in total. The van der Waals surface area contributed by atoms with Crippen molar-refractivity contribution in [1.29, 1.82) is 5.26 Å². The summed E-state index contributed by atoms with van der Waals surface area (Å²) in [6.07, 6.45) is 0. The third-order valence-corrected chi connectivity index (χ3v) is 2.41. The highest BCUT2D eigenvalue weighted by Crippen LogP contribution is 2.14. The first-order valence-electron chi connectivity index (χ1n) is 3.81. The summed E-state index contributed by atoms with van der Waals surface area (Å²) in [4.78, 5) is 3.05. The van der Waals surface area contributed by atoms with Crippen LogP contribution in [0.5, 0.6) is 0 Å². The van der Waals surface area contributed by atoms with E-state index in [4.69, 9.17) is 17.5 Å². The Morgan fingerprint density at radius 2 is 2.31 bits per heavy atom. The maximum atomic E-state index is 8.70. The topological polar surface area (TPSA) is 44.5 Å². The Labute approximate surface area is 80.2 Å². The smallest absolute Gasteiger partial charge is 0.177 e. The molecule has 2 rings (SSSR count). The van der Waals surface area contributed by atoms with Crippen LogP contribution in [0.1, 0.15) is 5.56 Å². The lowest BCUT2D eigenvalue weighted by Crippen LogP contribution is -1.86. The predicted molar refractivity (Wildman–Crippen MR) is 52.8 cm³/mol. The van der Waals surface area contributed by atoms with Gasteiger partial charge >= 0.3 is 0 Å². The fraction of sp³-hybridized carbons (Fsp3) is 0.111. The number of nitrogens with zero attached hydrogens (tertiary/aromatic N) is 2. The van der Waals surface area contributed by atoms with E-state index in [2.05, 4.69) is 11.1 Å². The number of rotatable bonds is 0. The summed E-state index contributed by atoms with van der Waals surface area (Å²) in [5.74, 6) is 0. The molecule has 0 aliphatic heterocycles. The lowest BCUT2D eigenvalue weighted by Gasteiger charge is -1.93. The van der Waals surface area contributed by atoms with Crippen LogP contribution in [-0.4, -0.2) is 9.55 Å². The zero-order valence-electron chi connectivity index (χ0n) is 7.03. The summed E-state index contributed by atoms with van der Waals surface area (Å²) in [5, 5.41) is 8.70. The second-order valence-electron chi connectivity index (χ2n) is 2.83. The van der Waals surface area contributed by atoms with Crippen molar-refractivity contribution in [1.82, 2.24) is 9.55 Å². The van der Waals surface area contributed by atoms with E-state index >= 15 is 0 Å². The average molecular weight is 189 g/mol. The van der Waals surface area contributed by atoms with Crippen LogP contribution in [0.4, 0.5) is 0 Å². The number of nitriles is 1. The van der Waals surface area contributed by atoms with E-state index in [-0.39, 0.29) is 0 Å². The van der Waals surface area contributed by atoms with Gasteiger partial charge in [0.25, 0.3) is 0 Å². The molecule has 2 aromatic rings. The first-order chi connectivity index (χ1) is 6.22. The average Bonchev–Trinajstić information content (AvgIpc) is 2.43. The van der Waals surface area contributed by atoms with Crippen molar-refractivity contribution in [2.75, 3.05) is 0 Å². The van der Waals surface area contributed by atoms with Gasteiger partial charge < -0.3 is 9.55 Å². The molecule has 0 amide bonds. The first kappa shape index (κ1) is 8.02. The van der Waals surface area contributed by atoms with Crippen LogP contribution in [-0.2, 0) is 7.05 Å². The fourth-order valence-corrected chi connectivity index (χ4v) is 1.50. The van der Waals surface area contributed by atoms with Gasteiger partial charge in [-0.05, 0) is 30.4 Å². The largest absolute Gasteiger partial charge is 0.331 e. The normalized spacial score (nSPS) is 10.2. The van der Waals surface area contributed by atoms with Gasteiger partial charge in [0.2, 0.25) is 0 Å². The molecule has 4 heteroatoms. The van der Waals surface area contributed by atoms with Crippen molar-refractivity contribution in [2.45, 2.75) is 0 Å². The van der Waals surface area contributed by atoms with Crippen LogP contribution in [0.2, 0.25) is 0 Å². The maximum absolute atomic E-state index is 8.70. The highest BCUT2D eigenvalue weighted by molar-refractivity contribution is 7.71. The highest BCUT2D eigenvalue weighted by atomic mass is 32.1. The summed E-state index contributed by atoms with van der Waals surface area (Å²) < 4.78 is 2.52. The van der Waals surface area contributed by atoms with Gasteiger partial charge in [-0.25, -0.2) is 0 Å². The number of fused-ring (bicyclic) bond motifs is 1. The standard InChI is InChI=1S/C9H7N3S/c1-12-8-4-6(5-10)2-3-7(8)11-9(12)13/h2-4H,1H3,(H,11,13). The molecule has 1 aromatic heterocycles. The van der Waals surface area contributed by atoms with E-state index < -0.39 is 0 Å². The van der Waals surface area contributed by atoms with Crippen LogP contribution in [0.25, 0.3) is 11.0 Å². The molecule has 0 aliphatic carbocycles. The van der Waals surface area contributed by atoms with Crippen LogP contribution in [0, 0.1) is 16.1 Å². The van der Waals surface area contributed by atoms with Crippen LogP contribution < -0.4 is 0 Å². The summed E-state index contributed by atoms with van der Waals surface area (Å²) in [6, 6.07) is 7.55. The Balaban J connectivity index is 2.92. The van der Waals surface area contributed by atoms with E-state index in [0.717, 1.165) is 11.0 Å². The molecular weight excluding hydrogens is 182 g/mol. The highest BCUT2D eigenvalue weighted by Gasteiger charge is 2.00. The molecule has 0 saturated carbocycles. The number of nitrogens with one attached hydrogen (secondary N) is 1.